The van der Waals surface area contributed by atoms with Crippen LogP contribution in [-0.4, -0.2) is 4.57 Å². The van der Waals surface area contributed by atoms with Crippen LogP contribution in [0.2, 0.25) is 0 Å². The van der Waals surface area contributed by atoms with Gasteiger partial charge >= 0.3 is 0 Å². The highest BCUT2D eigenvalue weighted by Crippen LogP contribution is 2.60. The van der Waals surface area contributed by atoms with Gasteiger partial charge in [-0.1, -0.05) is 131 Å². The van der Waals surface area contributed by atoms with Crippen LogP contribution in [0.25, 0.3) is 60.5 Å². The lowest BCUT2D eigenvalue weighted by molar-refractivity contribution is 0.603. The topological polar surface area (TPSA) is 4.93 Å². The van der Waals surface area contributed by atoms with Gasteiger partial charge in [-0.25, -0.2) is 0 Å². The monoisotopic (exact) mass is 525 g/mol. The average molecular weight is 526 g/mol. The molecule has 9 rings (SSSR count). The maximum Gasteiger partial charge on any atom is 0.0588 e. The van der Waals surface area contributed by atoms with E-state index in [0.29, 0.717) is 0 Å². The summed E-state index contributed by atoms with van der Waals surface area (Å²) in [4.78, 5) is 0. The fraction of sp³-hybridized carbons (Fsp3) is 0.150. The van der Waals surface area contributed by atoms with Gasteiger partial charge in [-0.3, -0.25) is 0 Å². The summed E-state index contributed by atoms with van der Waals surface area (Å²) in [6, 6.07) is 43.0. The van der Waals surface area contributed by atoms with Crippen LogP contribution in [0.5, 0.6) is 0 Å². The van der Waals surface area contributed by atoms with E-state index in [1.165, 1.54) is 82.8 Å². The Balaban J connectivity index is 1.44. The standard InChI is InChI=1S/C40H31N/c1-39(2)32-17-9-7-15-26(32)28-20-21-29-30-22-23-31-27-16-8-10-18-34(27)41(33-19-11-13-24-12-5-6-14-25(24)33)38(31)37(30)40(3,4)36(29)35(28)39/h5-23H,1-4H3. The van der Waals surface area contributed by atoms with Crippen LogP contribution in [0.3, 0.4) is 0 Å². The number of para-hydroxylation sites is 1. The fourth-order valence-corrected chi connectivity index (χ4v) is 8.44. The van der Waals surface area contributed by atoms with Crippen molar-refractivity contribution in [1.82, 2.24) is 4.57 Å². The number of benzene rings is 6. The predicted molar refractivity (Wildman–Crippen MR) is 173 cm³/mol. The van der Waals surface area contributed by atoms with Gasteiger partial charge in [0.1, 0.15) is 0 Å². The largest absolute Gasteiger partial charge is 0.308 e. The van der Waals surface area contributed by atoms with Gasteiger partial charge in [0.25, 0.3) is 0 Å². The second-order valence-electron chi connectivity index (χ2n) is 12.9. The first kappa shape index (κ1) is 23.1. The molecule has 2 aliphatic carbocycles. The molecular weight excluding hydrogens is 494 g/mol. The zero-order chi connectivity index (χ0) is 27.7. The van der Waals surface area contributed by atoms with Gasteiger partial charge in [0.15, 0.2) is 0 Å². The van der Waals surface area contributed by atoms with Crippen molar-refractivity contribution < 1.29 is 0 Å². The van der Waals surface area contributed by atoms with Gasteiger partial charge in [-0.15, -0.1) is 0 Å². The summed E-state index contributed by atoms with van der Waals surface area (Å²) < 4.78 is 2.56. The van der Waals surface area contributed by atoms with E-state index in [-0.39, 0.29) is 10.8 Å². The third kappa shape index (κ3) is 2.72. The molecule has 0 aliphatic heterocycles. The molecule has 0 saturated heterocycles. The molecule has 7 aromatic rings. The number of hydrogen-bond acceptors (Lipinski definition) is 0. The van der Waals surface area contributed by atoms with Crippen molar-refractivity contribution in [2.45, 2.75) is 38.5 Å². The van der Waals surface area contributed by atoms with Crippen LogP contribution in [0, 0.1) is 0 Å². The molecular formula is C40H31N. The highest BCUT2D eigenvalue weighted by atomic mass is 15.0. The fourth-order valence-electron chi connectivity index (χ4n) is 8.44. The number of nitrogens with zero attached hydrogens (tertiary/aromatic N) is 1. The van der Waals surface area contributed by atoms with E-state index in [2.05, 4.69) is 148 Å². The molecule has 1 heteroatoms. The molecule has 1 aromatic heterocycles. The van der Waals surface area contributed by atoms with Gasteiger partial charge < -0.3 is 4.57 Å². The van der Waals surface area contributed by atoms with Crippen LogP contribution in [0.1, 0.15) is 49.9 Å². The average Bonchev–Trinajstić information content (AvgIpc) is 3.54. The van der Waals surface area contributed by atoms with E-state index in [1.807, 2.05) is 0 Å². The van der Waals surface area contributed by atoms with Crippen LogP contribution in [0.15, 0.2) is 115 Å². The molecule has 2 aliphatic rings. The molecule has 1 nitrogen and oxygen atoms in total. The summed E-state index contributed by atoms with van der Waals surface area (Å²) in [6.45, 7) is 9.75. The second kappa shape index (κ2) is 7.56. The van der Waals surface area contributed by atoms with E-state index >= 15 is 0 Å². The lowest BCUT2D eigenvalue weighted by Gasteiger charge is -2.31. The van der Waals surface area contributed by atoms with E-state index < -0.39 is 0 Å². The van der Waals surface area contributed by atoms with E-state index in [9.17, 15) is 0 Å². The zero-order valence-electron chi connectivity index (χ0n) is 23.9. The number of hydrogen-bond donors (Lipinski definition) is 0. The Hall–Kier alpha value is -4.62. The van der Waals surface area contributed by atoms with Gasteiger partial charge in [0, 0.05) is 27.0 Å². The normalized spacial score (nSPS) is 15.7. The Labute approximate surface area is 240 Å². The molecule has 0 atom stereocenters. The summed E-state index contributed by atoms with van der Waals surface area (Å²) in [5.41, 5.74) is 15.0. The van der Waals surface area contributed by atoms with Gasteiger partial charge in [-0.2, -0.15) is 0 Å². The van der Waals surface area contributed by atoms with E-state index in [4.69, 9.17) is 0 Å². The van der Waals surface area contributed by atoms with Crippen LogP contribution in [0.4, 0.5) is 0 Å². The van der Waals surface area contributed by atoms with Gasteiger partial charge in [0.05, 0.1) is 16.7 Å². The summed E-state index contributed by atoms with van der Waals surface area (Å²) in [5.74, 6) is 0. The molecule has 6 aromatic carbocycles. The minimum atomic E-state index is -0.175. The maximum atomic E-state index is 2.56. The maximum absolute atomic E-state index is 2.56. The van der Waals surface area contributed by atoms with Crippen molar-refractivity contribution in [1.29, 1.82) is 0 Å². The Morgan fingerprint density at radius 3 is 1.90 bits per heavy atom. The number of rotatable bonds is 1. The summed E-state index contributed by atoms with van der Waals surface area (Å²) in [5, 5.41) is 5.18. The molecule has 0 spiro atoms. The smallest absolute Gasteiger partial charge is 0.0588 e. The molecule has 0 fully saturated rings. The highest BCUT2D eigenvalue weighted by molar-refractivity contribution is 6.14. The predicted octanol–water partition coefficient (Wildman–Crippen LogP) is 10.5. The summed E-state index contributed by atoms with van der Waals surface area (Å²) in [7, 11) is 0. The first-order chi connectivity index (χ1) is 19.9. The first-order valence-corrected chi connectivity index (χ1v) is 14.7. The van der Waals surface area contributed by atoms with Crippen LogP contribution in [-0.2, 0) is 10.8 Å². The lowest BCUT2D eigenvalue weighted by Crippen LogP contribution is -2.24. The molecule has 1 heterocycles. The Kier molecular flexibility index (Phi) is 4.26. The molecule has 0 amide bonds. The minimum absolute atomic E-state index is 0.0575. The van der Waals surface area contributed by atoms with E-state index in [0.717, 1.165) is 0 Å². The first-order valence-electron chi connectivity index (χ1n) is 14.7. The number of fused-ring (bicyclic) bond motifs is 12. The second-order valence-corrected chi connectivity index (χ2v) is 12.9. The lowest BCUT2D eigenvalue weighted by atomic mass is 9.72. The zero-order valence-corrected chi connectivity index (χ0v) is 23.9. The molecule has 196 valence electrons. The Bertz CT molecular complexity index is 2250. The third-order valence-corrected chi connectivity index (χ3v) is 10.1. The van der Waals surface area contributed by atoms with Crippen molar-refractivity contribution in [3.05, 3.63) is 138 Å². The molecule has 0 N–H and O–H groups in total. The van der Waals surface area contributed by atoms with Crippen molar-refractivity contribution in [2.24, 2.45) is 0 Å². The van der Waals surface area contributed by atoms with Crippen LogP contribution >= 0.6 is 0 Å². The Morgan fingerprint density at radius 2 is 1.05 bits per heavy atom. The van der Waals surface area contributed by atoms with Crippen LogP contribution < -0.4 is 0 Å². The van der Waals surface area contributed by atoms with Crippen molar-refractivity contribution in [3.8, 4) is 27.9 Å². The Morgan fingerprint density at radius 1 is 0.439 bits per heavy atom. The summed E-state index contributed by atoms with van der Waals surface area (Å²) in [6.07, 6.45) is 0. The molecule has 41 heavy (non-hydrogen) atoms. The molecule has 0 unspecified atom stereocenters. The molecule has 0 saturated carbocycles. The van der Waals surface area contributed by atoms with E-state index in [1.54, 1.807) is 0 Å². The summed E-state index contributed by atoms with van der Waals surface area (Å²) >= 11 is 0. The van der Waals surface area contributed by atoms with Gasteiger partial charge in [0.2, 0.25) is 0 Å². The molecule has 0 radical (unpaired) electrons. The van der Waals surface area contributed by atoms with Crippen molar-refractivity contribution >= 4 is 32.6 Å². The quantitative estimate of drug-likeness (QED) is 0.201. The minimum Gasteiger partial charge on any atom is -0.308 e. The number of aromatic nitrogens is 1. The SMILES string of the molecule is CC1(C)c2ccccc2-c2ccc3c(c21)C(C)(C)c1c-3ccc2c3ccccc3n(-c3cccc4ccccc34)c12. The molecule has 0 bridgehead atoms. The van der Waals surface area contributed by atoms with Crippen molar-refractivity contribution in [3.63, 3.8) is 0 Å². The van der Waals surface area contributed by atoms with Crippen molar-refractivity contribution in [2.75, 3.05) is 0 Å². The van der Waals surface area contributed by atoms with Gasteiger partial charge in [-0.05, 0) is 62.0 Å². The third-order valence-electron chi connectivity index (χ3n) is 10.1. The highest BCUT2D eigenvalue weighted by Gasteiger charge is 2.46.